The highest BCUT2D eigenvalue weighted by Gasteiger charge is 2.19. The van der Waals surface area contributed by atoms with Gasteiger partial charge in [0, 0.05) is 15.9 Å². The van der Waals surface area contributed by atoms with Gasteiger partial charge in [-0.1, -0.05) is 17.7 Å². The average molecular weight is 405 g/mol. The summed E-state index contributed by atoms with van der Waals surface area (Å²) in [5, 5.41) is 27.7. The molecule has 1 unspecified atom stereocenters. The Morgan fingerprint density at radius 1 is 1.50 bits per heavy atom. The molecule has 0 radical (unpaired) electrons. The van der Waals surface area contributed by atoms with Gasteiger partial charge in [0.1, 0.15) is 11.8 Å². The lowest BCUT2D eigenvalue weighted by atomic mass is 10.1. The van der Waals surface area contributed by atoms with Gasteiger partial charge >= 0.3 is 0 Å². The van der Waals surface area contributed by atoms with Crippen LogP contribution in [0.1, 0.15) is 55.9 Å². The van der Waals surface area contributed by atoms with Crippen LogP contribution in [-0.2, 0) is 6.50 Å². The summed E-state index contributed by atoms with van der Waals surface area (Å²) < 4.78 is 49.4. The zero-order valence-electron chi connectivity index (χ0n) is 20.6. The van der Waals surface area contributed by atoms with Crippen molar-refractivity contribution in [2.24, 2.45) is 5.73 Å². The van der Waals surface area contributed by atoms with Gasteiger partial charge in [0.05, 0.1) is 44.7 Å². The molecule has 144 valence electrons. The highest BCUT2D eigenvalue weighted by atomic mass is 35.5. The molecule has 0 aliphatic heterocycles. The number of primary amides is 1. The van der Waals surface area contributed by atoms with Gasteiger partial charge in [-0.05, 0) is 38.0 Å². The molecule has 3 aromatic rings. The summed E-state index contributed by atoms with van der Waals surface area (Å²) in [4.78, 5) is 11.6. The average Bonchev–Trinajstić information content (AvgIpc) is 3.40. The largest absolute Gasteiger partial charge is 0.387 e. The van der Waals surface area contributed by atoms with Crippen LogP contribution in [0.25, 0.3) is 11.3 Å². The minimum atomic E-state index is -3.24. The molecular weight excluding hydrogens is 380 g/mol. The van der Waals surface area contributed by atoms with E-state index in [0.29, 0.717) is 11.3 Å². The molecule has 0 aliphatic carbocycles. The number of rotatable bonds is 6. The molecule has 0 spiro atoms. The van der Waals surface area contributed by atoms with Gasteiger partial charge in [-0.15, -0.1) is 0 Å². The molecular formula is C19H19ClN6O2. The van der Waals surface area contributed by atoms with E-state index in [-0.39, 0.29) is 10.6 Å². The first-order valence-corrected chi connectivity index (χ1v) is 8.37. The molecule has 28 heavy (non-hydrogen) atoms. The summed E-state index contributed by atoms with van der Waals surface area (Å²) >= 11 is 6.06. The lowest BCUT2D eigenvalue weighted by Crippen LogP contribution is -2.19. The fourth-order valence-corrected chi connectivity index (χ4v) is 2.77. The van der Waals surface area contributed by atoms with Gasteiger partial charge in [-0.2, -0.15) is 15.5 Å². The monoisotopic (exact) mass is 404 g/mol. The number of amides is 1. The van der Waals surface area contributed by atoms with E-state index in [1.807, 2.05) is 6.07 Å². The van der Waals surface area contributed by atoms with Crippen molar-refractivity contribution in [2.75, 3.05) is 0 Å². The van der Waals surface area contributed by atoms with Gasteiger partial charge in [0.25, 0.3) is 5.91 Å². The minimum absolute atomic E-state index is 0.200. The van der Waals surface area contributed by atoms with Crippen molar-refractivity contribution >= 4 is 17.5 Å². The number of hydrogen-bond donors (Lipinski definition) is 2. The highest BCUT2D eigenvalue weighted by Crippen LogP contribution is 2.25. The number of hydrogen-bond acceptors (Lipinski definition) is 5. The number of aliphatic hydroxyl groups is 1. The van der Waals surface area contributed by atoms with Gasteiger partial charge in [0.2, 0.25) is 0 Å². The van der Waals surface area contributed by atoms with Crippen molar-refractivity contribution in [2.45, 2.75) is 32.4 Å². The lowest BCUT2D eigenvalue weighted by Gasteiger charge is -2.17. The van der Waals surface area contributed by atoms with E-state index in [0.717, 1.165) is 15.4 Å². The Kier molecular flexibility index (Phi) is 3.67. The maximum Gasteiger partial charge on any atom is 0.269 e. The zero-order chi connectivity index (χ0) is 25.6. The Balaban J connectivity index is 2.06. The van der Waals surface area contributed by atoms with Crippen LogP contribution in [0.3, 0.4) is 0 Å². The molecule has 3 N–H and O–H groups in total. The number of halogens is 1. The minimum Gasteiger partial charge on any atom is -0.387 e. The normalized spacial score (nSPS) is 18.4. The number of benzene rings is 1. The Labute approximate surface area is 175 Å². The predicted molar refractivity (Wildman–Crippen MR) is 103 cm³/mol. The summed E-state index contributed by atoms with van der Waals surface area (Å²) in [6, 6.07) is 7.54. The smallest absolute Gasteiger partial charge is 0.269 e. The molecule has 0 bridgehead atoms. The van der Waals surface area contributed by atoms with E-state index < -0.39 is 42.8 Å². The van der Waals surface area contributed by atoms with E-state index in [1.165, 1.54) is 31.3 Å². The molecule has 0 saturated heterocycles. The van der Waals surface area contributed by atoms with Gasteiger partial charge in [-0.25, -0.2) is 0 Å². The van der Waals surface area contributed by atoms with Gasteiger partial charge in [0.15, 0.2) is 0 Å². The van der Waals surface area contributed by atoms with Crippen molar-refractivity contribution in [3.8, 4) is 17.3 Å². The van der Waals surface area contributed by atoms with Crippen molar-refractivity contribution in [3.63, 3.8) is 0 Å². The van der Waals surface area contributed by atoms with Crippen LogP contribution in [0.15, 0.2) is 36.5 Å². The fourth-order valence-electron chi connectivity index (χ4n) is 2.55. The Morgan fingerprint density at radius 3 is 2.93 bits per heavy atom. The van der Waals surface area contributed by atoms with Crippen LogP contribution < -0.4 is 5.73 Å². The molecule has 0 saturated carbocycles. The first-order chi connectivity index (χ1) is 15.6. The van der Waals surface area contributed by atoms with Crippen LogP contribution in [-0.4, -0.2) is 30.6 Å². The second kappa shape index (κ2) is 7.84. The first kappa shape index (κ1) is 13.1. The number of nitrogens with two attached hydrogens (primary N) is 1. The third-order valence-electron chi connectivity index (χ3n) is 3.89. The third kappa shape index (κ3) is 3.91. The molecule has 1 amide bonds. The van der Waals surface area contributed by atoms with E-state index in [2.05, 4.69) is 10.2 Å². The van der Waals surface area contributed by atoms with E-state index in [4.69, 9.17) is 30.8 Å². The number of carbonyl (C=O) groups is 1. The van der Waals surface area contributed by atoms with Crippen molar-refractivity contribution in [1.82, 2.24) is 19.6 Å². The van der Waals surface area contributed by atoms with Crippen LogP contribution >= 0.6 is 11.6 Å². The van der Waals surface area contributed by atoms with E-state index in [9.17, 15) is 9.90 Å². The number of carbonyl (C=O) groups excluding carboxylic acids is 1. The molecule has 9 heteroatoms. The molecule has 3 rings (SSSR count). The summed E-state index contributed by atoms with van der Waals surface area (Å²) in [6.07, 6.45) is -1.88. The summed E-state index contributed by atoms with van der Waals surface area (Å²) in [5.41, 5.74) is 5.27. The SMILES string of the molecule is [2H]C([2H])([C@H](C)n1nc(C(N)=O)cc1C([2H])(O)C([2H])([2H])[2H])n1ccc(-c2ccc(C#N)c(Cl)c2)n1. The van der Waals surface area contributed by atoms with Crippen molar-refractivity contribution < 1.29 is 18.1 Å². The number of nitrogens with zero attached hydrogens (tertiary/aromatic N) is 5. The van der Waals surface area contributed by atoms with Crippen LogP contribution in [0.5, 0.6) is 0 Å². The molecule has 1 aromatic carbocycles. The van der Waals surface area contributed by atoms with Crippen LogP contribution in [0.2, 0.25) is 5.02 Å². The van der Waals surface area contributed by atoms with Gasteiger partial charge in [-0.3, -0.25) is 14.2 Å². The molecule has 0 fully saturated rings. The highest BCUT2D eigenvalue weighted by molar-refractivity contribution is 6.32. The van der Waals surface area contributed by atoms with Gasteiger partial charge < -0.3 is 10.8 Å². The Morgan fingerprint density at radius 2 is 2.29 bits per heavy atom. The second-order valence-corrected chi connectivity index (χ2v) is 6.24. The van der Waals surface area contributed by atoms with Crippen molar-refractivity contribution in [1.29, 1.82) is 5.26 Å². The molecule has 2 heterocycles. The molecule has 8 nitrogen and oxygen atoms in total. The Bertz CT molecular complexity index is 1290. The van der Waals surface area contributed by atoms with Crippen LogP contribution in [0, 0.1) is 11.3 Å². The number of nitriles is 1. The van der Waals surface area contributed by atoms with Crippen molar-refractivity contribution in [3.05, 3.63) is 58.5 Å². The standard InChI is InChI=1S/C19H19ClN6O2/c1-11(26-18(12(2)27)8-17(24-26)19(22)28)10-25-6-5-16(23-25)13-3-4-14(9-21)15(20)7-13/h3-8,11-12,27H,10H2,1-2H3,(H2,22,28)/t11-,12?/m0/s1/i2D3,10D2,12D. The quantitative estimate of drug-likeness (QED) is 0.653. The predicted octanol–water partition coefficient (Wildman–Crippen LogP) is 2.69. The fraction of sp³-hybridized carbons (Fsp3) is 0.263. The topological polar surface area (TPSA) is 123 Å². The summed E-state index contributed by atoms with van der Waals surface area (Å²) in [5.74, 6) is -1.05. The summed E-state index contributed by atoms with van der Waals surface area (Å²) in [7, 11) is 0. The molecule has 2 atom stereocenters. The molecule has 2 aromatic heterocycles. The van der Waals surface area contributed by atoms with E-state index >= 15 is 0 Å². The maximum absolute atomic E-state index is 11.6. The maximum atomic E-state index is 11.6. The lowest BCUT2D eigenvalue weighted by molar-refractivity contribution is 0.0994. The number of aromatic nitrogens is 4. The third-order valence-corrected chi connectivity index (χ3v) is 4.20. The Hall–Kier alpha value is -3.15. The van der Waals surface area contributed by atoms with Crippen LogP contribution in [0.4, 0.5) is 0 Å². The van der Waals surface area contributed by atoms with E-state index in [1.54, 1.807) is 6.07 Å². The summed E-state index contributed by atoms with van der Waals surface area (Å²) in [6.45, 7) is -4.30. The zero-order valence-corrected chi connectivity index (χ0v) is 15.3. The molecule has 0 aliphatic rings. The first-order valence-electron chi connectivity index (χ1n) is 11.0. The second-order valence-electron chi connectivity index (χ2n) is 5.83.